The van der Waals surface area contributed by atoms with Crippen molar-refractivity contribution in [3.8, 4) is 11.4 Å². The third kappa shape index (κ3) is 2.54. The fourth-order valence-electron chi connectivity index (χ4n) is 2.58. The molecule has 0 saturated carbocycles. The van der Waals surface area contributed by atoms with E-state index < -0.39 is 11.6 Å². The Kier molecular flexibility index (Phi) is 3.69. The van der Waals surface area contributed by atoms with Crippen LogP contribution in [0.2, 0.25) is 0 Å². The van der Waals surface area contributed by atoms with Gasteiger partial charge in [-0.05, 0) is 31.2 Å². The molecule has 1 fully saturated rings. The Balaban J connectivity index is 1.93. The van der Waals surface area contributed by atoms with Gasteiger partial charge in [0.25, 0.3) is 0 Å². The molecule has 112 valence electrons. The van der Waals surface area contributed by atoms with Crippen LogP contribution in [0.25, 0.3) is 11.4 Å². The van der Waals surface area contributed by atoms with Crippen molar-refractivity contribution in [2.75, 3.05) is 26.8 Å². The summed E-state index contributed by atoms with van der Waals surface area (Å²) >= 11 is 0. The average Bonchev–Trinajstić information content (AvgIpc) is 3.12. The van der Waals surface area contributed by atoms with Crippen LogP contribution < -0.4 is 5.32 Å². The van der Waals surface area contributed by atoms with E-state index in [0.717, 1.165) is 25.1 Å². The summed E-state index contributed by atoms with van der Waals surface area (Å²) in [5.74, 6) is -1.15. The smallest absolute Gasteiger partial charge is 0.236 e. The van der Waals surface area contributed by atoms with Gasteiger partial charge in [0.05, 0.1) is 12.0 Å². The number of benzene rings is 1. The number of nitrogens with one attached hydrogen (secondary N) is 1. The Morgan fingerprint density at radius 3 is 2.90 bits per heavy atom. The summed E-state index contributed by atoms with van der Waals surface area (Å²) in [5.41, 5.74) is 0.0147. The highest BCUT2D eigenvalue weighted by Gasteiger charge is 2.41. The fourth-order valence-corrected chi connectivity index (χ4v) is 2.58. The van der Waals surface area contributed by atoms with Gasteiger partial charge in [-0.2, -0.15) is 4.98 Å². The number of methoxy groups -OCH3 is 1. The standard InChI is InChI=1S/C14H15F2N3O2/c1-20-8-14(4-5-17-7-14)13-18-12(19-21-13)9-2-3-10(15)11(16)6-9/h2-3,6,17H,4-5,7-8H2,1H3. The monoisotopic (exact) mass is 295 g/mol. The van der Waals surface area contributed by atoms with Crippen molar-refractivity contribution in [3.05, 3.63) is 35.7 Å². The van der Waals surface area contributed by atoms with Crippen molar-refractivity contribution in [2.45, 2.75) is 11.8 Å². The average molecular weight is 295 g/mol. The Labute approximate surface area is 120 Å². The normalized spacial score (nSPS) is 21.9. The second-order valence-electron chi connectivity index (χ2n) is 5.19. The van der Waals surface area contributed by atoms with E-state index in [1.54, 1.807) is 7.11 Å². The second-order valence-corrected chi connectivity index (χ2v) is 5.19. The van der Waals surface area contributed by atoms with E-state index in [9.17, 15) is 8.78 Å². The predicted octanol–water partition coefficient (Wildman–Crippen LogP) is 1.89. The number of hydrogen-bond donors (Lipinski definition) is 1. The maximum atomic E-state index is 13.3. The number of rotatable bonds is 4. The summed E-state index contributed by atoms with van der Waals surface area (Å²) in [6, 6.07) is 3.52. The van der Waals surface area contributed by atoms with Gasteiger partial charge in [0, 0.05) is 19.2 Å². The van der Waals surface area contributed by atoms with Gasteiger partial charge in [-0.15, -0.1) is 0 Å². The van der Waals surface area contributed by atoms with Crippen molar-refractivity contribution in [1.29, 1.82) is 0 Å². The minimum atomic E-state index is -0.937. The van der Waals surface area contributed by atoms with E-state index in [2.05, 4.69) is 15.5 Å². The van der Waals surface area contributed by atoms with Gasteiger partial charge < -0.3 is 14.6 Å². The highest BCUT2D eigenvalue weighted by molar-refractivity contribution is 5.54. The van der Waals surface area contributed by atoms with E-state index >= 15 is 0 Å². The van der Waals surface area contributed by atoms with Crippen LogP contribution in [0.5, 0.6) is 0 Å². The molecule has 0 spiro atoms. The molecule has 7 heteroatoms. The molecule has 2 aromatic rings. The van der Waals surface area contributed by atoms with Crippen LogP contribution in [0.15, 0.2) is 22.7 Å². The van der Waals surface area contributed by atoms with Crippen LogP contribution >= 0.6 is 0 Å². The molecular weight excluding hydrogens is 280 g/mol. The molecule has 1 atom stereocenters. The molecule has 1 aromatic carbocycles. The maximum absolute atomic E-state index is 13.3. The molecule has 2 heterocycles. The van der Waals surface area contributed by atoms with Gasteiger partial charge in [0.2, 0.25) is 11.7 Å². The van der Waals surface area contributed by atoms with Crippen LogP contribution in [0.4, 0.5) is 8.78 Å². The quantitative estimate of drug-likeness (QED) is 0.933. The molecule has 3 rings (SSSR count). The van der Waals surface area contributed by atoms with Gasteiger partial charge in [-0.3, -0.25) is 0 Å². The molecule has 5 nitrogen and oxygen atoms in total. The van der Waals surface area contributed by atoms with Gasteiger partial charge in [-0.25, -0.2) is 8.78 Å². The Morgan fingerprint density at radius 1 is 1.38 bits per heavy atom. The molecule has 1 unspecified atom stereocenters. The van der Waals surface area contributed by atoms with Crippen molar-refractivity contribution in [2.24, 2.45) is 0 Å². The zero-order valence-corrected chi connectivity index (χ0v) is 11.5. The lowest BCUT2D eigenvalue weighted by Crippen LogP contribution is -2.34. The molecular formula is C14H15F2N3O2. The second kappa shape index (κ2) is 5.50. The van der Waals surface area contributed by atoms with Crippen molar-refractivity contribution in [3.63, 3.8) is 0 Å². The van der Waals surface area contributed by atoms with Gasteiger partial charge >= 0.3 is 0 Å². The number of aromatic nitrogens is 2. The molecule has 1 saturated heterocycles. The van der Waals surface area contributed by atoms with E-state index in [1.807, 2.05) is 0 Å². The summed E-state index contributed by atoms with van der Waals surface area (Å²) < 4.78 is 36.8. The zero-order valence-electron chi connectivity index (χ0n) is 11.5. The summed E-state index contributed by atoms with van der Waals surface area (Å²) in [6.07, 6.45) is 0.820. The van der Waals surface area contributed by atoms with Crippen LogP contribution in [0.3, 0.4) is 0 Å². The van der Waals surface area contributed by atoms with Crippen LogP contribution in [0.1, 0.15) is 12.3 Å². The van der Waals surface area contributed by atoms with Crippen molar-refractivity contribution >= 4 is 0 Å². The summed E-state index contributed by atoms with van der Waals surface area (Å²) in [7, 11) is 1.62. The first-order valence-corrected chi connectivity index (χ1v) is 6.64. The molecule has 0 bridgehead atoms. The number of halogens is 2. The number of hydrogen-bond acceptors (Lipinski definition) is 5. The van der Waals surface area contributed by atoms with Crippen LogP contribution in [0, 0.1) is 11.6 Å². The molecule has 21 heavy (non-hydrogen) atoms. The Hall–Kier alpha value is -1.86. The van der Waals surface area contributed by atoms with E-state index in [4.69, 9.17) is 9.26 Å². The largest absolute Gasteiger partial charge is 0.384 e. The van der Waals surface area contributed by atoms with E-state index in [-0.39, 0.29) is 11.2 Å². The van der Waals surface area contributed by atoms with Crippen LogP contribution in [-0.4, -0.2) is 36.9 Å². The number of ether oxygens (including phenoxy) is 1. The lowest BCUT2D eigenvalue weighted by Gasteiger charge is -2.22. The molecule has 1 aliphatic rings. The highest BCUT2D eigenvalue weighted by atomic mass is 19.2. The molecule has 1 aromatic heterocycles. The summed E-state index contributed by atoms with van der Waals surface area (Å²) in [5, 5.41) is 7.12. The van der Waals surface area contributed by atoms with Gasteiger partial charge in [0.15, 0.2) is 11.6 Å². The zero-order chi connectivity index (χ0) is 14.9. The minimum absolute atomic E-state index is 0.242. The van der Waals surface area contributed by atoms with Crippen molar-refractivity contribution < 1.29 is 18.0 Å². The third-order valence-corrected chi connectivity index (χ3v) is 3.72. The minimum Gasteiger partial charge on any atom is -0.384 e. The summed E-state index contributed by atoms with van der Waals surface area (Å²) in [4.78, 5) is 4.34. The Morgan fingerprint density at radius 2 is 2.24 bits per heavy atom. The summed E-state index contributed by atoms with van der Waals surface area (Å²) in [6.45, 7) is 1.98. The molecule has 0 radical (unpaired) electrons. The number of nitrogens with zero attached hydrogens (tertiary/aromatic N) is 2. The van der Waals surface area contributed by atoms with Crippen LogP contribution in [-0.2, 0) is 10.2 Å². The molecule has 1 aliphatic heterocycles. The lowest BCUT2D eigenvalue weighted by atomic mass is 9.88. The maximum Gasteiger partial charge on any atom is 0.236 e. The topological polar surface area (TPSA) is 60.2 Å². The SMILES string of the molecule is COCC1(c2nc(-c3ccc(F)c(F)c3)no2)CCNC1. The van der Waals surface area contributed by atoms with Gasteiger partial charge in [0.1, 0.15) is 0 Å². The predicted molar refractivity (Wildman–Crippen MR) is 70.7 cm³/mol. The van der Waals surface area contributed by atoms with E-state index in [1.165, 1.54) is 6.07 Å². The van der Waals surface area contributed by atoms with E-state index in [0.29, 0.717) is 24.6 Å². The highest BCUT2D eigenvalue weighted by Crippen LogP contribution is 2.31. The Bertz CT molecular complexity index is 639. The lowest BCUT2D eigenvalue weighted by molar-refractivity contribution is 0.117. The van der Waals surface area contributed by atoms with Gasteiger partial charge in [-0.1, -0.05) is 5.16 Å². The molecule has 0 aliphatic carbocycles. The molecule has 0 amide bonds. The molecule has 1 N–H and O–H groups in total. The first-order chi connectivity index (χ1) is 10.1. The fraction of sp³-hybridized carbons (Fsp3) is 0.429. The third-order valence-electron chi connectivity index (χ3n) is 3.72. The first-order valence-electron chi connectivity index (χ1n) is 6.64. The van der Waals surface area contributed by atoms with Crippen molar-refractivity contribution in [1.82, 2.24) is 15.5 Å². The first kappa shape index (κ1) is 14.1.